The van der Waals surface area contributed by atoms with Crippen molar-refractivity contribution in [2.75, 3.05) is 13.2 Å². The molecular weight excluding hydrogens is 362 g/mol. The Kier molecular flexibility index (Phi) is 9.19. The van der Waals surface area contributed by atoms with Gasteiger partial charge in [0.15, 0.2) is 0 Å². The number of rotatable bonds is 11. The third kappa shape index (κ3) is 7.02. The summed E-state index contributed by atoms with van der Waals surface area (Å²) < 4.78 is 35.0. The number of hydrogen-bond donors (Lipinski definition) is 1. The molecule has 4 nitrogen and oxygen atoms in total. The van der Waals surface area contributed by atoms with Gasteiger partial charge in [-0.3, -0.25) is 4.79 Å². The molecule has 1 saturated carbocycles. The first-order valence-corrected chi connectivity index (χ1v) is 11.1. The van der Waals surface area contributed by atoms with Gasteiger partial charge in [0.1, 0.15) is 11.7 Å². The van der Waals surface area contributed by atoms with E-state index >= 15 is 4.39 Å². The van der Waals surface area contributed by atoms with E-state index < -0.39 is 17.7 Å². The van der Waals surface area contributed by atoms with Crippen molar-refractivity contribution in [3.8, 4) is 0 Å². The van der Waals surface area contributed by atoms with Crippen LogP contribution in [0.1, 0.15) is 84.0 Å². The molecule has 0 radical (unpaired) electrons. The fourth-order valence-electron chi connectivity index (χ4n) is 4.66. The van der Waals surface area contributed by atoms with Gasteiger partial charge in [-0.25, -0.2) is 4.39 Å². The molecule has 0 aromatic rings. The first-order chi connectivity index (χ1) is 13.3. The minimum atomic E-state index is -1.28. The molecule has 0 aromatic heterocycles. The molecule has 0 aromatic carbocycles. The molecule has 28 heavy (non-hydrogen) atoms. The number of hydrogen-bond acceptors (Lipinski definition) is 4. The molecule has 4 atom stereocenters. The second kappa shape index (κ2) is 11.1. The maximum atomic E-state index is 15.2. The highest BCUT2D eigenvalue weighted by molar-refractivity contribution is 5.75. The van der Waals surface area contributed by atoms with Gasteiger partial charge < -0.3 is 10.5 Å². The number of alkyl halides is 1. The molecular formula is C22H38F2N2O2. The number of unbranched alkanes of at least 4 members (excludes halogenated alkanes) is 5. The maximum absolute atomic E-state index is 15.2. The number of nitrogens with zero attached hydrogens (tertiary/aromatic N) is 1. The molecule has 1 heterocycles. The SMILES string of the molecule is C=C(N)CC[C@@]1(F)CCC2CN(F)C(C(=O)OCCCCCCCC)CC2C1. The molecule has 2 rings (SSSR count). The van der Waals surface area contributed by atoms with Crippen molar-refractivity contribution in [1.29, 1.82) is 0 Å². The highest BCUT2D eigenvalue weighted by atomic mass is 19.2. The molecule has 2 aliphatic rings. The molecule has 0 amide bonds. The summed E-state index contributed by atoms with van der Waals surface area (Å²) in [6.07, 6.45) is 9.24. The second-order valence-electron chi connectivity index (χ2n) is 8.84. The largest absolute Gasteiger partial charge is 0.464 e. The Morgan fingerprint density at radius 3 is 2.68 bits per heavy atom. The summed E-state index contributed by atoms with van der Waals surface area (Å²) in [5.41, 5.74) is 4.81. The van der Waals surface area contributed by atoms with Crippen molar-refractivity contribution in [3.05, 3.63) is 12.3 Å². The molecule has 2 N–H and O–H groups in total. The zero-order valence-electron chi connectivity index (χ0n) is 17.4. The summed E-state index contributed by atoms with van der Waals surface area (Å²) in [4.78, 5) is 12.4. The Labute approximate surface area is 168 Å². The average molecular weight is 401 g/mol. The van der Waals surface area contributed by atoms with Crippen LogP contribution in [0.5, 0.6) is 0 Å². The van der Waals surface area contributed by atoms with Gasteiger partial charge in [-0.15, -0.1) is 9.60 Å². The number of allylic oxidation sites excluding steroid dienone is 1. The van der Waals surface area contributed by atoms with Gasteiger partial charge in [-0.1, -0.05) is 45.6 Å². The molecule has 162 valence electrons. The van der Waals surface area contributed by atoms with Gasteiger partial charge in [0.2, 0.25) is 0 Å². The van der Waals surface area contributed by atoms with Crippen LogP contribution in [0.4, 0.5) is 8.87 Å². The van der Waals surface area contributed by atoms with Gasteiger partial charge in [0.25, 0.3) is 0 Å². The van der Waals surface area contributed by atoms with Crippen LogP contribution >= 0.6 is 0 Å². The van der Waals surface area contributed by atoms with E-state index in [9.17, 15) is 9.28 Å². The summed E-state index contributed by atoms with van der Waals surface area (Å²) >= 11 is 0. The Bertz CT molecular complexity index is 517. The van der Waals surface area contributed by atoms with Crippen molar-refractivity contribution in [2.24, 2.45) is 17.6 Å². The van der Waals surface area contributed by atoms with Crippen LogP contribution in [0.15, 0.2) is 12.3 Å². The van der Waals surface area contributed by atoms with E-state index in [1.165, 1.54) is 19.3 Å². The monoisotopic (exact) mass is 400 g/mol. The predicted molar refractivity (Wildman–Crippen MR) is 108 cm³/mol. The number of esters is 1. The van der Waals surface area contributed by atoms with Crippen LogP contribution in [-0.2, 0) is 9.53 Å². The predicted octanol–water partition coefficient (Wildman–Crippen LogP) is 5.23. The molecule has 1 aliphatic heterocycles. The first kappa shape index (κ1) is 23.1. The summed E-state index contributed by atoms with van der Waals surface area (Å²) in [5.74, 6) is -0.374. The lowest BCUT2D eigenvalue weighted by Crippen LogP contribution is -2.51. The van der Waals surface area contributed by atoms with E-state index in [4.69, 9.17) is 10.5 Å². The highest BCUT2D eigenvalue weighted by Gasteiger charge is 2.47. The quantitative estimate of drug-likeness (QED) is 0.293. The summed E-state index contributed by atoms with van der Waals surface area (Å²) in [6, 6.07) is -0.895. The summed E-state index contributed by atoms with van der Waals surface area (Å²) in [7, 11) is 0. The number of piperidine rings is 1. The standard InChI is InChI=1S/C22H38F2N2O2/c1-3-4-5-6-7-8-13-28-21(27)20-14-19-15-22(23,11-9-17(2)25)12-10-18(19)16-26(20)24/h18-20H,2-16,25H2,1H3/t18?,19?,20?,22-/m1/s1. The van der Waals surface area contributed by atoms with Crippen molar-refractivity contribution in [1.82, 2.24) is 5.12 Å². The molecule has 0 spiro atoms. The third-order valence-corrected chi connectivity index (χ3v) is 6.44. The van der Waals surface area contributed by atoms with Gasteiger partial charge in [0, 0.05) is 12.2 Å². The second-order valence-corrected chi connectivity index (χ2v) is 8.84. The van der Waals surface area contributed by atoms with Crippen molar-refractivity contribution in [2.45, 2.75) is 95.7 Å². The van der Waals surface area contributed by atoms with Crippen LogP contribution in [-0.4, -0.2) is 36.0 Å². The lowest BCUT2D eigenvalue weighted by molar-refractivity contribution is -0.170. The van der Waals surface area contributed by atoms with Gasteiger partial charge >= 0.3 is 5.97 Å². The number of fused-ring (bicyclic) bond motifs is 1. The summed E-state index contributed by atoms with van der Waals surface area (Å²) in [6.45, 7) is 6.36. The van der Waals surface area contributed by atoms with E-state index in [-0.39, 0.29) is 18.4 Å². The smallest absolute Gasteiger partial charge is 0.326 e. The van der Waals surface area contributed by atoms with Crippen LogP contribution in [0, 0.1) is 11.8 Å². The molecule has 1 aliphatic carbocycles. The fourth-order valence-corrected chi connectivity index (χ4v) is 4.66. The van der Waals surface area contributed by atoms with Crippen LogP contribution in [0.2, 0.25) is 0 Å². The minimum Gasteiger partial charge on any atom is -0.464 e. The molecule has 1 saturated heterocycles. The number of carbonyl (C=O) groups excluding carboxylic acids is 1. The molecule has 2 fully saturated rings. The number of halogens is 2. The van der Waals surface area contributed by atoms with Crippen molar-refractivity contribution in [3.63, 3.8) is 0 Å². The molecule has 0 bridgehead atoms. The van der Waals surface area contributed by atoms with E-state index in [0.717, 1.165) is 19.3 Å². The fraction of sp³-hybridized carbons (Fsp3) is 0.864. The summed E-state index contributed by atoms with van der Waals surface area (Å²) in [5, 5.41) is 0.623. The molecule has 3 unspecified atom stereocenters. The molecule has 6 heteroatoms. The van der Waals surface area contributed by atoms with E-state index in [2.05, 4.69) is 13.5 Å². The maximum Gasteiger partial charge on any atom is 0.326 e. The third-order valence-electron chi connectivity index (χ3n) is 6.44. The topological polar surface area (TPSA) is 55.6 Å². The first-order valence-electron chi connectivity index (χ1n) is 11.1. The lowest BCUT2D eigenvalue weighted by Gasteiger charge is -2.45. The van der Waals surface area contributed by atoms with E-state index in [0.29, 0.717) is 56.0 Å². The van der Waals surface area contributed by atoms with Crippen molar-refractivity contribution >= 4 is 5.97 Å². The van der Waals surface area contributed by atoms with Crippen LogP contribution in [0.3, 0.4) is 0 Å². The average Bonchev–Trinajstić information content (AvgIpc) is 2.65. The Morgan fingerprint density at radius 1 is 1.25 bits per heavy atom. The zero-order valence-corrected chi connectivity index (χ0v) is 17.4. The van der Waals surface area contributed by atoms with Gasteiger partial charge in [0.05, 0.1) is 6.61 Å². The Morgan fingerprint density at radius 2 is 1.96 bits per heavy atom. The van der Waals surface area contributed by atoms with E-state index in [1.807, 2.05) is 0 Å². The van der Waals surface area contributed by atoms with Crippen molar-refractivity contribution < 1.29 is 18.4 Å². The Balaban J connectivity index is 1.78. The normalized spacial score (nSPS) is 30.6. The lowest BCUT2D eigenvalue weighted by atomic mass is 9.67. The minimum absolute atomic E-state index is 0.0170. The zero-order chi connectivity index (χ0) is 20.6. The number of nitrogens with two attached hydrogens (primary N) is 1. The van der Waals surface area contributed by atoms with Gasteiger partial charge in [-0.2, -0.15) is 0 Å². The Hall–Kier alpha value is -1.17. The number of ether oxygens (including phenoxy) is 1. The number of carbonyl (C=O) groups is 1. The highest BCUT2D eigenvalue weighted by Crippen LogP contribution is 2.46. The van der Waals surface area contributed by atoms with Crippen LogP contribution in [0.25, 0.3) is 0 Å². The van der Waals surface area contributed by atoms with E-state index in [1.54, 1.807) is 0 Å². The van der Waals surface area contributed by atoms with Gasteiger partial charge in [-0.05, 0) is 56.8 Å². The van der Waals surface area contributed by atoms with Crippen LogP contribution < -0.4 is 5.73 Å².